The zero-order chi connectivity index (χ0) is 13.0. The summed E-state index contributed by atoms with van der Waals surface area (Å²) in [5.74, 6) is -3.19. The fourth-order valence-electron chi connectivity index (χ4n) is 1.20. The van der Waals surface area contributed by atoms with Crippen molar-refractivity contribution in [2.75, 3.05) is 0 Å². The molecule has 17 heavy (non-hydrogen) atoms. The van der Waals surface area contributed by atoms with Crippen molar-refractivity contribution in [1.29, 1.82) is 5.26 Å². The molecule has 0 aromatic heterocycles. The van der Waals surface area contributed by atoms with Crippen molar-refractivity contribution in [3.63, 3.8) is 0 Å². The number of carbonyl (C=O) groups is 1. The fraction of sp³-hybridized carbons (Fsp3) is 0.200. The van der Waals surface area contributed by atoms with E-state index in [-0.39, 0.29) is 11.1 Å². The number of carboxylic acid groups (broad SMARTS) is 1. The van der Waals surface area contributed by atoms with E-state index in [2.05, 4.69) is 4.74 Å². The maximum Gasteiger partial charge on any atom is 0.387 e. The first-order chi connectivity index (χ1) is 7.93. The largest absolute Gasteiger partial charge is 0.481 e. The van der Waals surface area contributed by atoms with Gasteiger partial charge in [-0.05, 0) is 17.7 Å². The van der Waals surface area contributed by atoms with Crippen LogP contribution in [0.5, 0.6) is 5.75 Å². The monoisotopic (exact) mass is 245 g/mol. The number of ether oxygens (including phenoxy) is 1. The minimum atomic E-state index is -3.23. The molecule has 0 radical (unpaired) electrons. The highest BCUT2D eigenvalue weighted by molar-refractivity contribution is 5.71. The van der Waals surface area contributed by atoms with Crippen molar-refractivity contribution in [1.82, 2.24) is 0 Å². The van der Waals surface area contributed by atoms with Crippen molar-refractivity contribution in [2.24, 2.45) is 0 Å². The van der Waals surface area contributed by atoms with Crippen LogP contribution < -0.4 is 4.74 Å². The standard InChI is InChI=1S/C10H6F3NO3/c11-7-1-6(4-14)5(3-9(15)16)2-8(7)17-10(12)13/h1-2,10H,3H2,(H,15,16). The van der Waals surface area contributed by atoms with Crippen LogP contribution in [0.15, 0.2) is 12.1 Å². The van der Waals surface area contributed by atoms with Crippen LogP contribution in [0, 0.1) is 17.1 Å². The lowest BCUT2D eigenvalue weighted by molar-refractivity contribution is -0.136. The number of nitrogens with zero attached hydrogens (tertiary/aromatic N) is 1. The molecular formula is C10H6F3NO3. The number of halogens is 3. The Morgan fingerprint density at radius 2 is 2.18 bits per heavy atom. The summed E-state index contributed by atoms with van der Waals surface area (Å²) in [7, 11) is 0. The lowest BCUT2D eigenvalue weighted by atomic mass is 10.0. The lowest BCUT2D eigenvalue weighted by Gasteiger charge is -2.08. The van der Waals surface area contributed by atoms with Crippen molar-refractivity contribution in [2.45, 2.75) is 13.0 Å². The molecule has 0 atom stereocenters. The van der Waals surface area contributed by atoms with Gasteiger partial charge in [0.25, 0.3) is 0 Å². The maximum absolute atomic E-state index is 13.2. The van der Waals surface area contributed by atoms with Gasteiger partial charge in [-0.1, -0.05) is 0 Å². The van der Waals surface area contributed by atoms with Gasteiger partial charge in [-0.15, -0.1) is 0 Å². The Morgan fingerprint density at radius 1 is 1.53 bits per heavy atom. The highest BCUT2D eigenvalue weighted by Crippen LogP contribution is 2.24. The number of carboxylic acids is 1. The second-order valence-corrected chi connectivity index (χ2v) is 3.00. The van der Waals surface area contributed by atoms with Gasteiger partial charge in [-0.3, -0.25) is 4.79 Å². The molecule has 0 fully saturated rings. The minimum Gasteiger partial charge on any atom is -0.481 e. The molecule has 0 spiro atoms. The maximum atomic E-state index is 13.2. The molecule has 0 aliphatic carbocycles. The minimum absolute atomic E-state index is 0.0861. The summed E-state index contributed by atoms with van der Waals surface area (Å²) < 4.78 is 40.8. The number of alkyl halides is 2. The zero-order valence-electron chi connectivity index (χ0n) is 8.28. The van der Waals surface area contributed by atoms with Gasteiger partial charge in [-0.2, -0.15) is 14.0 Å². The van der Waals surface area contributed by atoms with Crippen LogP contribution in [0.25, 0.3) is 0 Å². The molecule has 0 heterocycles. The summed E-state index contributed by atoms with van der Waals surface area (Å²) in [5, 5.41) is 17.2. The average molecular weight is 245 g/mol. The van der Waals surface area contributed by atoms with E-state index < -0.39 is 30.6 Å². The average Bonchev–Trinajstić information content (AvgIpc) is 2.21. The summed E-state index contributed by atoms with van der Waals surface area (Å²) in [6, 6.07) is 3.02. The Labute approximate surface area is 93.8 Å². The molecule has 0 amide bonds. The van der Waals surface area contributed by atoms with Crippen LogP contribution in [-0.2, 0) is 11.2 Å². The van der Waals surface area contributed by atoms with E-state index in [0.29, 0.717) is 6.07 Å². The zero-order valence-corrected chi connectivity index (χ0v) is 8.28. The Balaban J connectivity index is 3.18. The second-order valence-electron chi connectivity index (χ2n) is 3.00. The Kier molecular flexibility index (Phi) is 3.93. The number of rotatable bonds is 4. The van der Waals surface area contributed by atoms with Crippen LogP contribution in [0.2, 0.25) is 0 Å². The third kappa shape index (κ3) is 3.38. The Bertz CT molecular complexity index is 482. The van der Waals surface area contributed by atoms with E-state index in [0.717, 1.165) is 6.07 Å². The van der Waals surface area contributed by atoms with Gasteiger partial charge in [0.2, 0.25) is 0 Å². The summed E-state index contributed by atoms with van der Waals surface area (Å²) in [4.78, 5) is 10.5. The van der Waals surface area contributed by atoms with Gasteiger partial charge in [0, 0.05) is 0 Å². The van der Waals surface area contributed by atoms with Crippen molar-refractivity contribution >= 4 is 5.97 Å². The SMILES string of the molecule is N#Cc1cc(F)c(OC(F)F)cc1CC(=O)O. The van der Waals surface area contributed by atoms with Gasteiger partial charge in [0.05, 0.1) is 18.1 Å². The van der Waals surface area contributed by atoms with E-state index >= 15 is 0 Å². The number of benzene rings is 1. The third-order valence-corrected chi connectivity index (χ3v) is 1.84. The molecule has 4 nitrogen and oxygen atoms in total. The molecule has 0 saturated carbocycles. The molecule has 0 aliphatic heterocycles. The highest BCUT2D eigenvalue weighted by Gasteiger charge is 2.15. The Hall–Kier alpha value is -2.23. The predicted octanol–water partition coefficient (Wildman–Crippen LogP) is 1.93. The number of hydrogen-bond donors (Lipinski definition) is 1. The normalized spacial score (nSPS) is 10.1. The van der Waals surface area contributed by atoms with Gasteiger partial charge in [0.1, 0.15) is 0 Å². The molecule has 1 rings (SSSR count). The van der Waals surface area contributed by atoms with E-state index in [1.807, 2.05) is 0 Å². The van der Waals surface area contributed by atoms with Crippen LogP contribution in [-0.4, -0.2) is 17.7 Å². The van der Waals surface area contributed by atoms with Gasteiger partial charge >= 0.3 is 12.6 Å². The molecule has 0 saturated heterocycles. The first-order valence-corrected chi connectivity index (χ1v) is 4.33. The highest BCUT2D eigenvalue weighted by atomic mass is 19.3. The second kappa shape index (κ2) is 5.21. The molecule has 1 aromatic rings. The molecule has 7 heteroatoms. The van der Waals surface area contributed by atoms with Gasteiger partial charge in [0.15, 0.2) is 11.6 Å². The summed E-state index contributed by atoms with van der Waals surface area (Å²) in [6.07, 6.45) is -0.581. The first kappa shape index (κ1) is 12.8. The fourth-order valence-corrected chi connectivity index (χ4v) is 1.20. The van der Waals surface area contributed by atoms with Crippen molar-refractivity contribution in [3.05, 3.63) is 29.1 Å². The smallest absolute Gasteiger partial charge is 0.387 e. The molecule has 0 aliphatic rings. The van der Waals surface area contributed by atoms with E-state index in [4.69, 9.17) is 10.4 Å². The molecule has 1 aromatic carbocycles. The van der Waals surface area contributed by atoms with E-state index in [9.17, 15) is 18.0 Å². The number of nitriles is 1. The van der Waals surface area contributed by atoms with Crippen molar-refractivity contribution in [3.8, 4) is 11.8 Å². The Morgan fingerprint density at radius 3 is 2.65 bits per heavy atom. The van der Waals surface area contributed by atoms with Crippen LogP contribution in [0.1, 0.15) is 11.1 Å². The molecule has 0 unspecified atom stereocenters. The number of hydrogen-bond acceptors (Lipinski definition) is 3. The lowest BCUT2D eigenvalue weighted by Crippen LogP contribution is -2.07. The van der Waals surface area contributed by atoms with E-state index in [1.54, 1.807) is 6.07 Å². The summed E-state index contributed by atoms with van der Waals surface area (Å²) >= 11 is 0. The van der Waals surface area contributed by atoms with Crippen molar-refractivity contribution < 1.29 is 27.8 Å². The van der Waals surface area contributed by atoms with Crippen LogP contribution >= 0.6 is 0 Å². The van der Waals surface area contributed by atoms with Gasteiger partial charge in [-0.25, -0.2) is 4.39 Å². The quantitative estimate of drug-likeness (QED) is 0.879. The van der Waals surface area contributed by atoms with Gasteiger partial charge < -0.3 is 9.84 Å². The summed E-state index contributed by atoms with van der Waals surface area (Å²) in [6.45, 7) is -3.23. The topological polar surface area (TPSA) is 70.3 Å². The first-order valence-electron chi connectivity index (χ1n) is 4.33. The van der Waals surface area contributed by atoms with Crippen LogP contribution in [0.3, 0.4) is 0 Å². The number of aliphatic carboxylic acids is 1. The van der Waals surface area contributed by atoms with E-state index in [1.165, 1.54) is 0 Å². The summed E-state index contributed by atoms with van der Waals surface area (Å²) in [5.41, 5.74) is -0.316. The molecular weight excluding hydrogens is 239 g/mol. The molecule has 1 N–H and O–H groups in total. The van der Waals surface area contributed by atoms with Crippen LogP contribution in [0.4, 0.5) is 13.2 Å². The third-order valence-electron chi connectivity index (χ3n) is 1.84. The molecule has 0 bridgehead atoms. The predicted molar refractivity (Wildman–Crippen MR) is 49.1 cm³/mol. The molecule has 90 valence electrons.